The third-order valence-electron chi connectivity index (χ3n) is 3.00. The standard InChI is InChI=1S/C17H17IO2S/c1-3-12-11-14(18)7-10-16(12)21-15-8-5-13(6-9-15)17(19)20-4-2/h5-11H,3-4H2,1-2H3. The Bertz CT molecular complexity index is 623. The summed E-state index contributed by atoms with van der Waals surface area (Å²) in [5, 5.41) is 0. The first kappa shape index (κ1) is 16.4. The van der Waals surface area contributed by atoms with E-state index in [1.807, 2.05) is 31.2 Å². The molecule has 0 fully saturated rings. The van der Waals surface area contributed by atoms with Crippen molar-refractivity contribution in [2.45, 2.75) is 30.1 Å². The van der Waals surface area contributed by atoms with Crippen molar-refractivity contribution < 1.29 is 9.53 Å². The maximum Gasteiger partial charge on any atom is 0.338 e. The molecule has 0 aliphatic carbocycles. The second kappa shape index (κ2) is 7.84. The molecule has 110 valence electrons. The van der Waals surface area contributed by atoms with Gasteiger partial charge in [-0.2, -0.15) is 0 Å². The van der Waals surface area contributed by atoms with Gasteiger partial charge in [0.1, 0.15) is 0 Å². The summed E-state index contributed by atoms with van der Waals surface area (Å²) in [6.07, 6.45) is 1.01. The summed E-state index contributed by atoms with van der Waals surface area (Å²) in [5.74, 6) is -0.266. The Morgan fingerprint density at radius 1 is 1.14 bits per heavy atom. The van der Waals surface area contributed by atoms with Crippen molar-refractivity contribution in [2.75, 3.05) is 6.61 Å². The first-order valence-electron chi connectivity index (χ1n) is 6.87. The maximum absolute atomic E-state index is 11.6. The Morgan fingerprint density at radius 2 is 1.86 bits per heavy atom. The van der Waals surface area contributed by atoms with Crippen LogP contribution in [0.15, 0.2) is 52.3 Å². The van der Waals surface area contributed by atoms with Gasteiger partial charge < -0.3 is 4.74 Å². The number of ether oxygens (including phenoxy) is 1. The molecule has 21 heavy (non-hydrogen) atoms. The maximum atomic E-state index is 11.6. The molecule has 0 aromatic heterocycles. The number of halogens is 1. The van der Waals surface area contributed by atoms with E-state index in [0.717, 1.165) is 11.3 Å². The summed E-state index contributed by atoms with van der Waals surface area (Å²) < 4.78 is 6.25. The Hall–Kier alpha value is -1.01. The Balaban J connectivity index is 2.15. The van der Waals surface area contributed by atoms with Crippen LogP contribution < -0.4 is 0 Å². The summed E-state index contributed by atoms with van der Waals surface area (Å²) in [6.45, 7) is 4.38. The second-order valence-corrected chi connectivity index (χ2v) is 6.81. The van der Waals surface area contributed by atoms with E-state index in [-0.39, 0.29) is 5.97 Å². The molecule has 0 aliphatic heterocycles. The predicted octanol–water partition coefficient (Wildman–Crippen LogP) is 5.18. The Morgan fingerprint density at radius 3 is 2.48 bits per heavy atom. The van der Waals surface area contributed by atoms with Crippen LogP contribution >= 0.6 is 34.4 Å². The number of carbonyl (C=O) groups excluding carboxylic acids is 1. The number of aryl methyl sites for hydroxylation is 1. The van der Waals surface area contributed by atoms with Gasteiger partial charge in [0.05, 0.1) is 12.2 Å². The number of benzene rings is 2. The third kappa shape index (κ3) is 4.48. The fourth-order valence-electron chi connectivity index (χ4n) is 1.92. The lowest BCUT2D eigenvalue weighted by Gasteiger charge is -2.09. The Kier molecular flexibility index (Phi) is 6.11. The molecular formula is C17H17IO2S. The van der Waals surface area contributed by atoms with Gasteiger partial charge >= 0.3 is 5.97 Å². The highest BCUT2D eigenvalue weighted by Gasteiger charge is 2.07. The number of hydrogen-bond donors (Lipinski definition) is 0. The van der Waals surface area contributed by atoms with Crippen LogP contribution in [0.5, 0.6) is 0 Å². The zero-order valence-corrected chi connectivity index (χ0v) is 15.0. The molecule has 2 aromatic rings. The van der Waals surface area contributed by atoms with Crippen LogP contribution in [0.1, 0.15) is 29.8 Å². The van der Waals surface area contributed by atoms with Crippen molar-refractivity contribution in [3.05, 3.63) is 57.2 Å². The average Bonchev–Trinajstić information content (AvgIpc) is 2.50. The highest BCUT2D eigenvalue weighted by molar-refractivity contribution is 14.1. The van der Waals surface area contributed by atoms with Crippen LogP contribution in [0.25, 0.3) is 0 Å². The molecule has 2 rings (SSSR count). The molecular weight excluding hydrogens is 395 g/mol. The van der Waals surface area contributed by atoms with Crippen LogP contribution in [0.3, 0.4) is 0 Å². The van der Waals surface area contributed by atoms with Crippen LogP contribution in [0.2, 0.25) is 0 Å². The lowest BCUT2D eigenvalue weighted by Crippen LogP contribution is -2.03. The molecule has 0 saturated heterocycles. The predicted molar refractivity (Wildman–Crippen MR) is 95.1 cm³/mol. The number of carbonyl (C=O) groups is 1. The van der Waals surface area contributed by atoms with Gasteiger partial charge in [-0.15, -0.1) is 0 Å². The molecule has 0 bridgehead atoms. The number of esters is 1. The minimum atomic E-state index is -0.266. The quantitative estimate of drug-likeness (QED) is 0.500. The summed E-state index contributed by atoms with van der Waals surface area (Å²) in [5.41, 5.74) is 1.95. The van der Waals surface area contributed by atoms with Gasteiger partial charge in [0, 0.05) is 13.4 Å². The molecule has 0 amide bonds. The topological polar surface area (TPSA) is 26.3 Å². The van der Waals surface area contributed by atoms with E-state index in [4.69, 9.17) is 4.74 Å². The highest BCUT2D eigenvalue weighted by atomic mass is 127. The SMILES string of the molecule is CCOC(=O)c1ccc(Sc2ccc(I)cc2CC)cc1. The van der Waals surface area contributed by atoms with Crippen molar-refractivity contribution >= 4 is 40.3 Å². The van der Waals surface area contributed by atoms with Gasteiger partial charge in [-0.3, -0.25) is 0 Å². The summed E-state index contributed by atoms with van der Waals surface area (Å²) in [6, 6.07) is 14.1. The lowest BCUT2D eigenvalue weighted by molar-refractivity contribution is 0.0526. The molecule has 0 saturated carbocycles. The van der Waals surface area contributed by atoms with Crippen molar-refractivity contribution in [3.8, 4) is 0 Å². The molecule has 0 aliphatic rings. The van der Waals surface area contributed by atoms with E-state index in [0.29, 0.717) is 12.2 Å². The summed E-state index contributed by atoms with van der Waals surface area (Å²) in [4.78, 5) is 14.0. The molecule has 0 atom stereocenters. The molecule has 0 unspecified atom stereocenters. The smallest absolute Gasteiger partial charge is 0.338 e. The fraction of sp³-hybridized carbons (Fsp3) is 0.235. The minimum absolute atomic E-state index is 0.266. The van der Waals surface area contributed by atoms with Crippen molar-refractivity contribution in [3.63, 3.8) is 0 Å². The van der Waals surface area contributed by atoms with E-state index in [1.54, 1.807) is 11.8 Å². The largest absolute Gasteiger partial charge is 0.462 e. The van der Waals surface area contributed by atoms with Gasteiger partial charge in [0.25, 0.3) is 0 Å². The zero-order valence-electron chi connectivity index (χ0n) is 12.1. The van der Waals surface area contributed by atoms with Gasteiger partial charge in [-0.25, -0.2) is 4.79 Å². The second-order valence-electron chi connectivity index (χ2n) is 4.45. The minimum Gasteiger partial charge on any atom is -0.462 e. The van der Waals surface area contributed by atoms with Crippen molar-refractivity contribution in [1.29, 1.82) is 0 Å². The molecule has 0 heterocycles. The summed E-state index contributed by atoms with van der Waals surface area (Å²) in [7, 11) is 0. The molecule has 0 N–H and O–H groups in total. The molecule has 4 heteroatoms. The fourth-order valence-corrected chi connectivity index (χ4v) is 3.48. The molecule has 0 spiro atoms. The zero-order chi connectivity index (χ0) is 15.2. The van der Waals surface area contributed by atoms with Crippen LogP contribution in [-0.4, -0.2) is 12.6 Å². The molecule has 0 radical (unpaired) electrons. The van der Waals surface area contributed by atoms with Crippen LogP contribution in [0.4, 0.5) is 0 Å². The van der Waals surface area contributed by atoms with Crippen molar-refractivity contribution in [1.82, 2.24) is 0 Å². The van der Waals surface area contributed by atoms with Crippen molar-refractivity contribution in [2.24, 2.45) is 0 Å². The lowest BCUT2D eigenvalue weighted by atomic mass is 10.2. The first-order valence-corrected chi connectivity index (χ1v) is 8.77. The van der Waals surface area contributed by atoms with E-state index >= 15 is 0 Å². The summed E-state index contributed by atoms with van der Waals surface area (Å²) >= 11 is 4.06. The Labute approximate surface area is 143 Å². The molecule has 2 nitrogen and oxygen atoms in total. The van der Waals surface area contributed by atoms with Gasteiger partial charge in [-0.1, -0.05) is 18.7 Å². The highest BCUT2D eigenvalue weighted by Crippen LogP contribution is 2.31. The van der Waals surface area contributed by atoms with E-state index in [2.05, 4.69) is 47.7 Å². The van der Waals surface area contributed by atoms with E-state index in [1.165, 1.54) is 14.0 Å². The number of rotatable bonds is 5. The van der Waals surface area contributed by atoms with Gasteiger partial charge in [0.15, 0.2) is 0 Å². The number of hydrogen-bond acceptors (Lipinski definition) is 3. The third-order valence-corrected chi connectivity index (χ3v) is 4.79. The first-order chi connectivity index (χ1) is 10.1. The normalized spacial score (nSPS) is 10.4. The van der Waals surface area contributed by atoms with Crippen LogP contribution in [0, 0.1) is 3.57 Å². The van der Waals surface area contributed by atoms with Gasteiger partial charge in [-0.05, 0) is 84.0 Å². The van der Waals surface area contributed by atoms with E-state index in [9.17, 15) is 4.79 Å². The van der Waals surface area contributed by atoms with Crippen LogP contribution in [-0.2, 0) is 11.2 Å². The molecule has 2 aromatic carbocycles. The van der Waals surface area contributed by atoms with E-state index < -0.39 is 0 Å². The average molecular weight is 412 g/mol. The van der Waals surface area contributed by atoms with Gasteiger partial charge in [0.2, 0.25) is 0 Å². The monoisotopic (exact) mass is 412 g/mol.